The summed E-state index contributed by atoms with van der Waals surface area (Å²) in [5, 5.41) is 2.93. The predicted octanol–water partition coefficient (Wildman–Crippen LogP) is 2.22. The van der Waals surface area contributed by atoms with Crippen LogP contribution in [-0.4, -0.2) is 12.5 Å². The number of nitrogens with one attached hydrogen (secondary N) is 1. The Morgan fingerprint density at radius 2 is 1.94 bits per heavy atom. The maximum absolute atomic E-state index is 11.6. The monoisotopic (exact) mass is 284 g/mol. The van der Waals surface area contributed by atoms with Gasteiger partial charge in [0, 0.05) is 16.9 Å². The van der Waals surface area contributed by atoms with E-state index in [1.807, 2.05) is 38.1 Å². The third-order valence-electron chi connectivity index (χ3n) is 2.53. The number of carbonyl (C=O) groups excluding carboxylic acids is 1. The molecule has 4 heteroatoms. The first kappa shape index (κ1) is 13.2. The Balaban J connectivity index is 2.62. The molecule has 0 fully saturated rings. The van der Waals surface area contributed by atoms with Gasteiger partial charge in [-0.3, -0.25) is 4.79 Å². The van der Waals surface area contributed by atoms with Crippen molar-refractivity contribution in [2.75, 3.05) is 6.54 Å². The number of halogens is 1. The van der Waals surface area contributed by atoms with Gasteiger partial charge in [-0.25, -0.2) is 0 Å². The fourth-order valence-electron chi connectivity index (χ4n) is 1.30. The first-order valence-corrected chi connectivity index (χ1v) is 6.09. The molecule has 0 spiro atoms. The Morgan fingerprint density at radius 3 is 2.44 bits per heavy atom. The molecule has 3 nitrogen and oxygen atoms in total. The average Bonchev–Trinajstić information content (AvgIpc) is 2.28. The molecular formula is C12H17BrN2O. The summed E-state index contributed by atoms with van der Waals surface area (Å²) in [6, 6.07) is 7.91. The first-order chi connectivity index (χ1) is 7.54. The zero-order valence-electron chi connectivity index (χ0n) is 9.53. The molecule has 0 aliphatic heterocycles. The SMILES string of the molecule is CC(CN)C(=O)N[C@H](C)c1ccc(Br)cc1. The minimum atomic E-state index is -0.141. The molecule has 16 heavy (non-hydrogen) atoms. The number of hydrogen-bond acceptors (Lipinski definition) is 2. The van der Waals surface area contributed by atoms with Crippen molar-refractivity contribution in [1.29, 1.82) is 0 Å². The summed E-state index contributed by atoms with van der Waals surface area (Å²) in [5.41, 5.74) is 6.52. The van der Waals surface area contributed by atoms with Gasteiger partial charge in [-0.15, -0.1) is 0 Å². The van der Waals surface area contributed by atoms with Crippen LogP contribution < -0.4 is 11.1 Å². The number of rotatable bonds is 4. The Kier molecular flexibility index (Phi) is 4.96. The van der Waals surface area contributed by atoms with Gasteiger partial charge in [0.2, 0.25) is 5.91 Å². The smallest absolute Gasteiger partial charge is 0.224 e. The van der Waals surface area contributed by atoms with Gasteiger partial charge in [-0.1, -0.05) is 35.0 Å². The van der Waals surface area contributed by atoms with E-state index in [9.17, 15) is 4.79 Å². The Morgan fingerprint density at radius 1 is 1.38 bits per heavy atom. The van der Waals surface area contributed by atoms with Gasteiger partial charge in [0.15, 0.2) is 0 Å². The summed E-state index contributed by atoms with van der Waals surface area (Å²) in [5.74, 6) is -0.143. The quantitative estimate of drug-likeness (QED) is 0.891. The summed E-state index contributed by atoms with van der Waals surface area (Å²) in [4.78, 5) is 11.6. The minimum Gasteiger partial charge on any atom is -0.349 e. The molecule has 1 aromatic carbocycles. The summed E-state index contributed by atoms with van der Waals surface area (Å²) >= 11 is 3.38. The van der Waals surface area contributed by atoms with E-state index in [1.54, 1.807) is 0 Å². The van der Waals surface area contributed by atoms with Gasteiger partial charge in [-0.2, -0.15) is 0 Å². The molecule has 1 rings (SSSR count). The van der Waals surface area contributed by atoms with Crippen LogP contribution in [0.5, 0.6) is 0 Å². The second-order valence-electron chi connectivity index (χ2n) is 3.92. The number of hydrogen-bond donors (Lipinski definition) is 2. The maximum atomic E-state index is 11.6. The van der Waals surface area contributed by atoms with Crippen molar-refractivity contribution < 1.29 is 4.79 Å². The standard InChI is InChI=1S/C12H17BrN2O/c1-8(7-14)12(16)15-9(2)10-3-5-11(13)6-4-10/h3-6,8-9H,7,14H2,1-2H3,(H,15,16)/t8?,9-/m1/s1. The van der Waals surface area contributed by atoms with E-state index in [0.29, 0.717) is 6.54 Å². The van der Waals surface area contributed by atoms with Crippen molar-refractivity contribution in [3.63, 3.8) is 0 Å². The molecular weight excluding hydrogens is 268 g/mol. The van der Waals surface area contributed by atoms with E-state index in [0.717, 1.165) is 10.0 Å². The Hall–Kier alpha value is -0.870. The lowest BCUT2D eigenvalue weighted by Crippen LogP contribution is -2.34. The van der Waals surface area contributed by atoms with Crippen LogP contribution in [0, 0.1) is 5.92 Å². The molecule has 0 aliphatic carbocycles. The van der Waals surface area contributed by atoms with Crippen LogP contribution in [0.3, 0.4) is 0 Å². The van der Waals surface area contributed by atoms with Crippen LogP contribution in [0.1, 0.15) is 25.5 Å². The molecule has 1 amide bonds. The molecule has 0 heterocycles. The fraction of sp³-hybridized carbons (Fsp3) is 0.417. The molecule has 2 atom stereocenters. The van der Waals surface area contributed by atoms with Gasteiger partial charge in [0.25, 0.3) is 0 Å². The van der Waals surface area contributed by atoms with Crippen LogP contribution in [-0.2, 0) is 4.79 Å². The predicted molar refractivity (Wildman–Crippen MR) is 68.9 cm³/mol. The highest BCUT2D eigenvalue weighted by molar-refractivity contribution is 9.10. The lowest BCUT2D eigenvalue weighted by molar-refractivity contribution is -0.124. The highest BCUT2D eigenvalue weighted by Gasteiger charge is 2.14. The average molecular weight is 285 g/mol. The third-order valence-corrected chi connectivity index (χ3v) is 3.06. The van der Waals surface area contributed by atoms with Gasteiger partial charge >= 0.3 is 0 Å². The van der Waals surface area contributed by atoms with Crippen molar-refractivity contribution in [2.45, 2.75) is 19.9 Å². The molecule has 0 aliphatic rings. The van der Waals surface area contributed by atoms with Crippen molar-refractivity contribution in [1.82, 2.24) is 5.32 Å². The van der Waals surface area contributed by atoms with Gasteiger partial charge in [0.05, 0.1) is 6.04 Å². The van der Waals surface area contributed by atoms with E-state index in [-0.39, 0.29) is 17.9 Å². The van der Waals surface area contributed by atoms with E-state index >= 15 is 0 Å². The van der Waals surface area contributed by atoms with Crippen LogP contribution in [0.4, 0.5) is 0 Å². The van der Waals surface area contributed by atoms with E-state index in [1.165, 1.54) is 0 Å². The Bertz CT molecular complexity index is 351. The van der Waals surface area contributed by atoms with Crippen LogP contribution in [0.15, 0.2) is 28.7 Å². The summed E-state index contributed by atoms with van der Waals surface area (Å²) < 4.78 is 1.03. The van der Waals surface area contributed by atoms with Crippen molar-refractivity contribution in [3.8, 4) is 0 Å². The second-order valence-corrected chi connectivity index (χ2v) is 4.83. The van der Waals surface area contributed by atoms with E-state index in [2.05, 4.69) is 21.2 Å². The maximum Gasteiger partial charge on any atom is 0.224 e. The third kappa shape index (κ3) is 3.61. The molecule has 1 aromatic rings. The fourth-order valence-corrected chi connectivity index (χ4v) is 1.56. The summed E-state index contributed by atoms with van der Waals surface area (Å²) in [6.45, 7) is 4.16. The largest absolute Gasteiger partial charge is 0.349 e. The van der Waals surface area contributed by atoms with Gasteiger partial charge < -0.3 is 11.1 Å². The first-order valence-electron chi connectivity index (χ1n) is 5.30. The van der Waals surface area contributed by atoms with Crippen LogP contribution >= 0.6 is 15.9 Å². The number of nitrogens with two attached hydrogens (primary N) is 1. The molecule has 3 N–H and O–H groups in total. The van der Waals surface area contributed by atoms with Crippen molar-refractivity contribution >= 4 is 21.8 Å². The van der Waals surface area contributed by atoms with Crippen molar-refractivity contribution in [2.24, 2.45) is 11.7 Å². The van der Waals surface area contributed by atoms with E-state index in [4.69, 9.17) is 5.73 Å². The summed E-state index contributed by atoms with van der Waals surface area (Å²) in [6.07, 6.45) is 0. The zero-order chi connectivity index (χ0) is 12.1. The number of amides is 1. The number of benzene rings is 1. The van der Waals surface area contributed by atoms with Crippen LogP contribution in [0.25, 0.3) is 0 Å². The zero-order valence-corrected chi connectivity index (χ0v) is 11.1. The second kappa shape index (κ2) is 6.01. The molecule has 0 saturated heterocycles. The Labute approximate surface area is 105 Å². The summed E-state index contributed by atoms with van der Waals surface area (Å²) in [7, 11) is 0. The molecule has 0 aromatic heterocycles. The van der Waals surface area contributed by atoms with Gasteiger partial charge in [-0.05, 0) is 24.6 Å². The highest BCUT2D eigenvalue weighted by atomic mass is 79.9. The normalized spacial score (nSPS) is 14.2. The molecule has 0 radical (unpaired) electrons. The lowest BCUT2D eigenvalue weighted by Gasteiger charge is -2.17. The molecule has 88 valence electrons. The number of carbonyl (C=O) groups is 1. The van der Waals surface area contributed by atoms with Crippen LogP contribution in [0.2, 0.25) is 0 Å². The van der Waals surface area contributed by atoms with Crippen molar-refractivity contribution in [3.05, 3.63) is 34.3 Å². The lowest BCUT2D eigenvalue weighted by atomic mass is 10.1. The van der Waals surface area contributed by atoms with E-state index < -0.39 is 0 Å². The molecule has 0 bridgehead atoms. The topological polar surface area (TPSA) is 55.1 Å². The van der Waals surface area contributed by atoms with Gasteiger partial charge in [0.1, 0.15) is 0 Å². The molecule has 0 saturated carbocycles. The minimum absolute atomic E-state index is 0.00193. The highest BCUT2D eigenvalue weighted by Crippen LogP contribution is 2.16. The molecule has 1 unspecified atom stereocenters.